The van der Waals surface area contributed by atoms with Crippen LogP contribution in [0.25, 0.3) is 0 Å². The molecular weight excluding hydrogens is 480 g/mol. The number of anilines is 1. The fourth-order valence-electron chi connectivity index (χ4n) is 4.77. The Balaban J connectivity index is 2.38. The smallest absolute Gasteiger partial charge is 0.224 e. The Morgan fingerprint density at radius 3 is 2.21 bits per heavy atom. The summed E-state index contributed by atoms with van der Waals surface area (Å²) in [6.07, 6.45) is 5.36. The van der Waals surface area contributed by atoms with Crippen molar-refractivity contribution in [3.63, 3.8) is 0 Å². The molecule has 2 rings (SSSR count). The number of unbranched alkanes of at least 4 members (excludes halogenated alkanes) is 2. The Morgan fingerprint density at radius 1 is 0.921 bits per heavy atom. The predicted molar refractivity (Wildman–Crippen MR) is 154 cm³/mol. The fourth-order valence-corrected chi connectivity index (χ4v) is 4.77. The van der Waals surface area contributed by atoms with E-state index in [1.54, 1.807) is 28.4 Å². The third-order valence-electron chi connectivity index (χ3n) is 6.85. The maximum atomic E-state index is 13.5. The standard InChI is InChI=1S/C31H46N2O5/c1-9-10-11-12-22(23-15-17-26(36-6)30(38-8)29(23)37-7)20-28(35)33-25-19-21(14-18-27(34)32-5)13-16-24(25)31(2,3)4/h13,15-17,19,22H,9-12,14,18,20H2,1-8H3,(H,32,34)(H,33,35). The number of hydrogen-bond acceptors (Lipinski definition) is 5. The molecule has 2 N–H and O–H groups in total. The first-order chi connectivity index (χ1) is 18.1. The highest BCUT2D eigenvalue weighted by Crippen LogP contribution is 2.44. The van der Waals surface area contributed by atoms with Crippen molar-refractivity contribution >= 4 is 17.5 Å². The highest BCUT2D eigenvalue weighted by molar-refractivity contribution is 5.92. The van der Waals surface area contributed by atoms with E-state index in [2.05, 4.69) is 44.4 Å². The van der Waals surface area contributed by atoms with E-state index in [9.17, 15) is 9.59 Å². The van der Waals surface area contributed by atoms with Gasteiger partial charge in [-0.2, -0.15) is 0 Å². The maximum Gasteiger partial charge on any atom is 0.224 e. The fraction of sp³-hybridized carbons (Fsp3) is 0.548. The van der Waals surface area contributed by atoms with Crippen LogP contribution >= 0.6 is 0 Å². The van der Waals surface area contributed by atoms with E-state index in [-0.39, 0.29) is 23.1 Å². The van der Waals surface area contributed by atoms with Crippen molar-refractivity contribution in [3.8, 4) is 17.2 Å². The van der Waals surface area contributed by atoms with Gasteiger partial charge in [-0.3, -0.25) is 9.59 Å². The zero-order valence-electron chi connectivity index (χ0n) is 24.5. The van der Waals surface area contributed by atoms with Gasteiger partial charge < -0.3 is 24.8 Å². The molecule has 0 saturated carbocycles. The number of amides is 2. The Kier molecular flexibility index (Phi) is 11.9. The highest BCUT2D eigenvalue weighted by atomic mass is 16.5. The number of ether oxygens (including phenoxy) is 3. The molecule has 1 atom stereocenters. The first-order valence-electron chi connectivity index (χ1n) is 13.5. The van der Waals surface area contributed by atoms with Crippen molar-refractivity contribution in [1.82, 2.24) is 5.32 Å². The number of benzene rings is 2. The van der Waals surface area contributed by atoms with Crippen LogP contribution in [0, 0.1) is 0 Å². The van der Waals surface area contributed by atoms with Crippen molar-refractivity contribution in [3.05, 3.63) is 47.0 Å². The largest absolute Gasteiger partial charge is 0.493 e. The van der Waals surface area contributed by atoms with E-state index in [0.29, 0.717) is 36.5 Å². The van der Waals surface area contributed by atoms with E-state index < -0.39 is 0 Å². The topological polar surface area (TPSA) is 85.9 Å². The van der Waals surface area contributed by atoms with Gasteiger partial charge in [0, 0.05) is 31.1 Å². The molecule has 0 heterocycles. The summed E-state index contributed by atoms with van der Waals surface area (Å²) in [5.74, 6) is 1.62. The number of carbonyl (C=O) groups excluding carboxylic acids is 2. The molecule has 2 aromatic carbocycles. The van der Waals surface area contributed by atoms with Crippen molar-refractivity contribution in [2.45, 2.75) is 84.0 Å². The Hall–Kier alpha value is -3.22. The Bertz CT molecular complexity index is 1070. The number of nitrogens with one attached hydrogen (secondary N) is 2. The molecule has 2 aromatic rings. The number of rotatable bonds is 14. The molecule has 0 radical (unpaired) electrons. The first kappa shape index (κ1) is 31.0. The first-order valence-corrected chi connectivity index (χ1v) is 13.5. The summed E-state index contributed by atoms with van der Waals surface area (Å²) in [6.45, 7) is 8.56. The number of methoxy groups -OCH3 is 3. The summed E-state index contributed by atoms with van der Waals surface area (Å²) in [7, 11) is 6.44. The average molecular weight is 527 g/mol. The molecule has 0 saturated heterocycles. The molecule has 1 unspecified atom stereocenters. The number of hydrogen-bond donors (Lipinski definition) is 2. The minimum Gasteiger partial charge on any atom is -0.493 e. The third kappa shape index (κ3) is 8.40. The van der Waals surface area contributed by atoms with Crippen molar-refractivity contribution in [1.29, 1.82) is 0 Å². The minimum absolute atomic E-state index is 0.00530. The van der Waals surface area contributed by atoms with Gasteiger partial charge in [0.05, 0.1) is 21.3 Å². The van der Waals surface area contributed by atoms with Gasteiger partial charge in [0.1, 0.15) is 0 Å². The van der Waals surface area contributed by atoms with Crippen LogP contribution in [0.15, 0.2) is 30.3 Å². The average Bonchev–Trinajstić information content (AvgIpc) is 2.89. The zero-order valence-corrected chi connectivity index (χ0v) is 24.5. The lowest BCUT2D eigenvalue weighted by Gasteiger charge is -2.25. The molecule has 0 aliphatic carbocycles. The van der Waals surface area contributed by atoms with Gasteiger partial charge >= 0.3 is 0 Å². The molecule has 0 fully saturated rings. The molecule has 0 aromatic heterocycles. The third-order valence-corrected chi connectivity index (χ3v) is 6.85. The second-order valence-corrected chi connectivity index (χ2v) is 10.7. The van der Waals surface area contributed by atoms with Gasteiger partial charge in [-0.15, -0.1) is 0 Å². The van der Waals surface area contributed by atoms with Crippen LogP contribution in [-0.2, 0) is 21.4 Å². The Labute approximate surface area is 228 Å². The molecule has 210 valence electrons. The van der Waals surface area contributed by atoms with Gasteiger partial charge in [0.2, 0.25) is 17.6 Å². The molecule has 0 bridgehead atoms. The van der Waals surface area contributed by atoms with Crippen LogP contribution in [-0.4, -0.2) is 40.2 Å². The molecule has 0 spiro atoms. The monoisotopic (exact) mass is 526 g/mol. The van der Waals surface area contributed by atoms with E-state index in [1.165, 1.54) is 0 Å². The van der Waals surface area contributed by atoms with Crippen molar-refractivity contribution in [2.75, 3.05) is 33.7 Å². The van der Waals surface area contributed by atoms with Gasteiger partial charge in [-0.25, -0.2) is 0 Å². The van der Waals surface area contributed by atoms with Crippen LogP contribution < -0.4 is 24.8 Å². The van der Waals surface area contributed by atoms with Crippen molar-refractivity contribution in [2.24, 2.45) is 0 Å². The lowest BCUT2D eigenvalue weighted by Crippen LogP contribution is -2.21. The van der Waals surface area contributed by atoms with Gasteiger partial charge in [-0.05, 0) is 47.4 Å². The van der Waals surface area contributed by atoms with Crippen LogP contribution in [0.3, 0.4) is 0 Å². The van der Waals surface area contributed by atoms with Crippen LogP contribution in [0.1, 0.15) is 88.8 Å². The molecule has 0 aliphatic rings. The summed E-state index contributed by atoms with van der Waals surface area (Å²) < 4.78 is 16.8. The second kappa shape index (κ2) is 14.6. The van der Waals surface area contributed by atoms with E-state index in [0.717, 1.165) is 48.1 Å². The summed E-state index contributed by atoms with van der Waals surface area (Å²) in [4.78, 5) is 25.3. The summed E-state index contributed by atoms with van der Waals surface area (Å²) in [6, 6.07) is 9.95. The normalized spacial score (nSPS) is 12.0. The summed E-state index contributed by atoms with van der Waals surface area (Å²) >= 11 is 0. The van der Waals surface area contributed by atoms with Crippen LogP contribution in [0.2, 0.25) is 0 Å². The number of carbonyl (C=O) groups is 2. The molecular formula is C31H46N2O5. The lowest BCUT2D eigenvalue weighted by molar-refractivity contribution is -0.120. The van der Waals surface area contributed by atoms with Crippen LogP contribution in [0.4, 0.5) is 5.69 Å². The quantitative estimate of drug-likeness (QED) is 0.279. The SMILES string of the molecule is CCCCCC(CC(=O)Nc1cc(CCC(=O)NC)ccc1C(C)(C)C)c1ccc(OC)c(OC)c1OC. The Morgan fingerprint density at radius 2 is 1.63 bits per heavy atom. The van der Waals surface area contributed by atoms with Gasteiger partial charge in [0.25, 0.3) is 0 Å². The van der Waals surface area contributed by atoms with E-state index in [4.69, 9.17) is 14.2 Å². The van der Waals surface area contributed by atoms with Crippen molar-refractivity contribution < 1.29 is 23.8 Å². The summed E-state index contributed by atoms with van der Waals surface area (Å²) in [5, 5.41) is 5.87. The molecule has 38 heavy (non-hydrogen) atoms. The summed E-state index contributed by atoms with van der Waals surface area (Å²) in [5.41, 5.74) is 3.64. The molecule has 7 nitrogen and oxygen atoms in total. The molecule has 0 aliphatic heterocycles. The molecule has 7 heteroatoms. The highest BCUT2D eigenvalue weighted by Gasteiger charge is 2.26. The zero-order chi connectivity index (χ0) is 28.3. The lowest BCUT2D eigenvalue weighted by atomic mass is 9.84. The predicted octanol–water partition coefficient (Wildman–Crippen LogP) is 6.38. The van der Waals surface area contributed by atoms with Gasteiger partial charge in [0.15, 0.2) is 11.5 Å². The second-order valence-electron chi connectivity index (χ2n) is 10.7. The van der Waals surface area contributed by atoms with E-state index >= 15 is 0 Å². The number of aryl methyl sites for hydroxylation is 1. The minimum atomic E-state index is -0.158. The van der Waals surface area contributed by atoms with Crippen LogP contribution in [0.5, 0.6) is 17.2 Å². The van der Waals surface area contributed by atoms with Gasteiger partial charge in [-0.1, -0.05) is 65.2 Å². The maximum absolute atomic E-state index is 13.5. The van der Waals surface area contributed by atoms with E-state index in [1.807, 2.05) is 24.3 Å². The molecule has 2 amide bonds.